The van der Waals surface area contributed by atoms with Crippen molar-refractivity contribution < 1.29 is 18.3 Å². The van der Waals surface area contributed by atoms with E-state index < -0.39 is 9.84 Å². The molecule has 0 aromatic heterocycles. The average Bonchev–Trinajstić information content (AvgIpc) is 3.14. The highest BCUT2D eigenvalue weighted by molar-refractivity contribution is 7.90. The monoisotopic (exact) mass is 401 g/mol. The summed E-state index contributed by atoms with van der Waals surface area (Å²) in [4.78, 5) is 2.76. The van der Waals surface area contributed by atoms with E-state index in [0.717, 1.165) is 30.5 Å². The summed E-state index contributed by atoms with van der Waals surface area (Å²) in [5, 5.41) is 9.53. The van der Waals surface area contributed by atoms with Crippen LogP contribution in [0.5, 0.6) is 0 Å². The fourth-order valence-electron chi connectivity index (χ4n) is 4.46. The molecule has 4 rings (SSSR count). The fraction of sp³-hybridized carbons (Fsp3) is 0.455. The van der Waals surface area contributed by atoms with Crippen LogP contribution in [0.15, 0.2) is 59.5 Å². The second-order valence-electron chi connectivity index (χ2n) is 7.81. The van der Waals surface area contributed by atoms with Gasteiger partial charge in [-0.25, -0.2) is 8.42 Å². The summed E-state index contributed by atoms with van der Waals surface area (Å²) in [5.74, 6) is 0.300. The maximum atomic E-state index is 12.8. The standard InChI is InChI=1S/C22H27NO4S/c24-15-17-12-21-22(13-17)27-11-10-23(21)14-18-6-4-5-7-19(18)16-28(25,26)20-8-2-1-3-9-20/h1-9,17,21-22,24H,10-16H2/t17-,21+,22+/m1/s1. The Kier molecular flexibility index (Phi) is 5.83. The lowest BCUT2D eigenvalue weighted by Gasteiger charge is -2.38. The Morgan fingerprint density at radius 3 is 2.46 bits per heavy atom. The Balaban J connectivity index is 1.54. The van der Waals surface area contributed by atoms with Gasteiger partial charge in [-0.1, -0.05) is 42.5 Å². The summed E-state index contributed by atoms with van der Waals surface area (Å²) in [5.41, 5.74) is 1.90. The van der Waals surface area contributed by atoms with Gasteiger partial charge in [-0.3, -0.25) is 4.90 Å². The molecule has 2 aliphatic rings. The van der Waals surface area contributed by atoms with Crippen molar-refractivity contribution in [2.24, 2.45) is 5.92 Å². The molecule has 0 spiro atoms. The van der Waals surface area contributed by atoms with Crippen LogP contribution in [0.2, 0.25) is 0 Å². The van der Waals surface area contributed by atoms with Crippen molar-refractivity contribution in [1.82, 2.24) is 4.90 Å². The van der Waals surface area contributed by atoms with Crippen LogP contribution in [-0.2, 0) is 26.9 Å². The molecule has 1 aliphatic heterocycles. The van der Waals surface area contributed by atoms with Gasteiger partial charge in [0.05, 0.1) is 23.4 Å². The second-order valence-corrected chi connectivity index (χ2v) is 9.80. The summed E-state index contributed by atoms with van der Waals surface area (Å²) in [6, 6.07) is 16.7. The molecule has 3 atom stereocenters. The number of aliphatic hydroxyl groups is 1. The van der Waals surface area contributed by atoms with Crippen LogP contribution >= 0.6 is 0 Å². The SMILES string of the molecule is O=S(=O)(Cc1ccccc1CN1CCO[C@H]2C[C@H](CO)C[C@@H]21)c1ccccc1. The molecule has 1 saturated heterocycles. The lowest BCUT2D eigenvalue weighted by Crippen LogP contribution is -2.48. The largest absolute Gasteiger partial charge is 0.396 e. The lowest BCUT2D eigenvalue weighted by molar-refractivity contribution is -0.0591. The number of hydrogen-bond acceptors (Lipinski definition) is 5. The van der Waals surface area contributed by atoms with Crippen molar-refractivity contribution in [2.45, 2.75) is 42.2 Å². The summed E-state index contributed by atoms with van der Waals surface area (Å²) in [7, 11) is -3.38. The highest BCUT2D eigenvalue weighted by atomic mass is 32.2. The normalized spacial score (nSPS) is 25.5. The van der Waals surface area contributed by atoms with Crippen LogP contribution in [0.3, 0.4) is 0 Å². The Bertz CT molecular complexity index is 900. The Morgan fingerprint density at radius 2 is 1.71 bits per heavy atom. The highest BCUT2D eigenvalue weighted by Crippen LogP contribution is 2.35. The van der Waals surface area contributed by atoms with Crippen LogP contribution in [0.4, 0.5) is 0 Å². The van der Waals surface area contributed by atoms with Gasteiger partial charge in [-0.05, 0) is 42.0 Å². The van der Waals surface area contributed by atoms with E-state index in [0.29, 0.717) is 30.0 Å². The third-order valence-corrected chi connectivity index (χ3v) is 7.63. The molecule has 2 aromatic rings. The van der Waals surface area contributed by atoms with Crippen LogP contribution < -0.4 is 0 Å². The molecule has 6 heteroatoms. The van der Waals surface area contributed by atoms with E-state index in [4.69, 9.17) is 4.74 Å². The molecule has 2 aromatic carbocycles. The van der Waals surface area contributed by atoms with Crippen molar-refractivity contribution in [1.29, 1.82) is 0 Å². The van der Waals surface area contributed by atoms with E-state index in [2.05, 4.69) is 4.90 Å². The van der Waals surface area contributed by atoms with E-state index in [1.165, 1.54) is 0 Å². The number of hydrogen-bond donors (Lipinski definition) is 1. The molecular weight excluding hydrogens is 374 g/mol. The quantitative estimate of drug-likeness (QED) is 0.806. The van der Waals surface area contributed by atoms with Gasteiger partial charge in [0.2, 0.25) is 0 Å². The molecule has 1 heterocycles. The van der Waals surface area contributed by atoms with E-state index in [1.54, 1.807) is 24.3 Å². The van der Waals surface area contributed by atoms with Gasteiger partial charge in [0.1, 0.15) is 0 Å². The molecule has 150 valence electrons. The summed E-state index contributed by atoms with van der Waals surface area (Å²) >= 11 is 0. The summed E-state index contributed by atoms with van der Waals surface area (Å²) < 4.78 is 31.6. The minimum Gasteiger partial charge on any atom is -0.396 e. The number of aliphatic hydroxyl groups excluding tert-OH is 1. The van der Waals surface area contributed by atoms with E-state index >= 15 is 0 Å². The molecule has 1 N–H and O–H groups in total. The van der Waals surface area contributed by atoms with Crippen LogP contribution in [-0.4, -0.2) is 50.3 Å². The zero-order valence-electron chi connectivity index (χ0n) is 15.9. The van der Waals surface area contributed by atoms with Crippen LogP contribution in [0.1, 0.15) is 24.0 Å². The number of morpholine rings is 1. The summed E-state index contributed by atoms with van der Waals surface area (Å²) in [6.07, 6.45) is 2.01. The maximum Gasteiger partial charge on any atom is 0.182 e. The third-order valence-electron chi connectivity index (χ3n) is 5.95. The van der Waals surface area contributed by atoms with Crippen molar-refractivity contribution in [3.05, 3.63) is 65.7 Å². The van der Waals surface area contributed by atoms with Crippen molar-refractivity contribution >= 4 is 9.84 Å². The van der Waals surface area contributed by atoms with Gasteiger partial charge < -0.3 is 9.84 Å². The molecule has 1 aliphatic carbocycles. The van der Waals surface area contributed by atoms with E-state index in [9.17, 15) is 13.5 Å². The first-order valence-corrected chi connectivity index (χ1v) is 11.5. The molecule has 28 heavy (non-hydrogen) atoms. The number of rotatable bonds is 6. The Hall–Kier alpha value is -1.73. The van der Waals surface area contributed by atoms with Gasteiger partial charge in [0, 0.05) is 25.7 Å². The van der Waals surface area contributed by atoms with Crippen molar-refractivity contribution in [3.63, 3.8) is 0 Å². The number of benzene rings is 2. The zero-order valence-corrected chi connectivity index (χ0v) is 16.7. The topological polar surface area (TPSA) is 66.8 Å². The first-order valence-electron chi connectivity index (χ1n) is 9.88. The number of nitrogens with zero attached hydrogens (tertiary/aromatic N) is 1. The Labute approximate surface area is 166 Å². The average molecular weight is 402 g/mol. The zero-order chi connectivity index (χ0) is 19.6. The predicted octanol–water partition coefficient (Wildman–Crippen LogP) is 2.63. The molecular formula is C22H27NO4S. The van der Waals surface area contributed by atoms with Gasteiger partial charge in [0.15, 0.2) is 9.84 Å². The molecule has 0 radical (unpaired) electrons. The molecule has 0 unspecified atom stereocenters. The maximum absolute atomic E-state index is 12.8. The fourth-order valence-corrected chi connectivity index (χ4v) is 5.89. The van der Waals surface area contributed by atoms with Crippen molar-refractivity contribution in [2.75, 3.05) is 19.8 Å². The minimum atomic E-state index is -3.38. The molecule has 0 bridgehead atoms. The van der Waals surface area contributed by atoms with Crippen molar-refractivity contribution in [3.8, 4) is 0 Å². The lowest BCUT2D eigenvalue weighted by atomic mass is 10.0. The number of sulfone groups is 1. The highest BCUT2D eigenvalue weighted by Gasteiger charge is 2.40. The minimum absolute atomic E-state index is 0.00485. The van der Waals surface area contributed by atoms with Gasteiger partial charge >= 0.3 is 0 Å². The van der Waals surface area contributed by atoms with E-state index in [-0.39, 0.29) is 18.5 Å². The number of ether oxygens (including phenoxy) is 1. The molecule has 5 nitrogen and oxygen atoms in total. The second kappa shape index (κ2) is 8.33. The Morgan fingerprint density at radius 1 is 1.00 bits per heavy atom. The smallest absolute Gasteiger partial charge is 0.182 e. The molecule has 1 saturated carbocycles. The number of fused-ring (bicyclic) bond motifs is 1. The first kappa shape index (κ1) is 19.6. The predicted molar refractivity (Wildman–Crippen MR) is 108 cm³/mol. The van der Waals surface area contributed by atoms with Gasteiger partial charge in [0.25, 0.3) is 0 Å². The van der Waals surface area contributed by atoms with Crippen LogP contribution in [0, 0.1) is 5.92 Å². The molecule has 0 amide bonds. The molecule has 2 fully saturated rings. The third kappa shape index (κ3) is 4.15. The van der Waals surface area contributed by atoms with Gasteiger partial charge in [-0.2, -0.15) is 0 Å². The van der Waals surface area contributed by atoms with E-state index in [1.807, 2.05) is 30.3 Å². The summed E-state index contributed by atoms with van der Waals surface area (Å²) in [6.45, 7) is 2.43. The van der Waals surface area contributed by atoms with Crippen LogP contribution in [0.25, 0.3) is 0 Å². The first-order chi connectivity index (χ1) is 13.6. The van der Waals surface area contributed by atoms with Gasteiger partial charge in [-0.15, -0.1) is 0 Å².